The number of nitrogens with zero attached hydrogens (tertiary/aromatic N) is 2. The number of carbonyl (C=O) groups excluding carboxylic acids is 3. The van der Waals surface area contributed by atoms with Crippen molar-refractivity contribution in [2.24, 2.45) is 0 Å². The van der Waals surface area contributed by atoms with E-state index in [2.05, 4.69) is 10.6 Å². The van der Waals surface area contributed by atoms with E-state index in [0.717, 1.165) is 27.2 Å². The third-order valence-electron chi connectivity index (χ3n) is 6.73. The Morgan fingerprint density at radius 3 is 2.44 bits per heavy atom. The summed E-state index contributed by atoms with van der Waals surface area (Å²) in [5.41, 5.74) is -2.06. The summed E-state index contributed by atoms with van der Waals surface area (Å²) >= 11 is 6.76. The van der Waals surface area contributed by atoms with Crippen LogP contribution in [0.4, 0.5) is 37.7 Å². The van der Waals surface area contributed by atoms with Gasteiger partial charge in [-0.2, -0.15) is 26.3 Å². The minimum atomic E-state index is -4.98. The molecule has 1 aliphatic heterocycles. The van der Waals surface area contributed by atoms with Crippen LogP contribution in [0.15, 0.2) is 30.3 Å². The molecule has 1 saturated carbocycles. The number of rotatable bonds is 9. The third kappa shape index (κ3) is 7.90. The van der Waals surface area contributed by atoms with Gasteiger partial charge in [-0.15, -0.1) is 11.3 Å². The molecular formula is C25H25ClF6N4O4S. The minimum absolute atomic E-state index is 0.0207. The molecule has 8 nitrogen and oxygen atoms in total. The van der Waals surface area contributed by atoms with Gasteiger partial charge in [-0.25, -0.2) is 0 Å². The SMILES string of the molecule is O=C(NC[C@@H](C(=O)Nc1ccc(N2CCOCC2=O)cc1C(F)(F)F)N(CC(F)(F)F)C1CCC1)c1ccc(Cl)s1. The molecule has 4 rings (SSSR count). The predicted octanol–water partition coefficient (Wildman–Crippen LogP) is 4.94. The number of anilines is 2. The largest absolute Gasteiger partial charge is 0.418 e. The summed E-state index contributed by atoms with van der Waals surface area (Å²) in [5.74, 6) is -2.41. The average molecular weight is 627 g/mol. The van der Waals surface area contributed by atoms with Gasteiger partial charge < -0.3 is 20.3 Å². The van der Waals surface area contributed by atoms with Gasteiger partial charge in [-0.3, -0.25) is 19.3 Å². The lowest BCUT2D eigenvalue weighted by Crippen LogP contribution is -2.58. The van der Waals surface area contributed by atoms with Crippen molar-refractivity contribution in [2.45, 2.75) is 43.7 Å². The highest BCUT2D eigenvalue weighted by Crippen LogP contribution is 2.38. The first kappa shape index (κ1) is 31.1. The molecule has 2 aliphatic rings. The van der Waals surface area contributed by atoms with Gasteiger partial charge in [0.2, 0.25) is 5.91 Å². The Balaban J connectivity index is 1.62. The molecule has 3 amide bonds. The first-order chi connectivity index (χ1) is 19.2. The molecule has 1 atom stereocenters. The van der Waals surface area contributed by atoms with Gasteiger partial charge in [0.05, 0.1) is 33.6 Å². The maximum atomic E-state index is 14.1. The van der Waals surface area contributed by atoms with Crippen LogP contribution < -0.4 is 15.5 Å². The Morgan fingerprint density at radius 2 is 1.88 bits per heavy atom. The highest BCUT2D eigenvalue weighted by atomic mass is 35.5. The zero-order valence-electron chi connectivity index (χ0n) is 21.3. The standard InChI is InChI=1S/C25H25ClF6N4O4S/c26-20-7-6-19(41-20)23(39)33-11-18(36(13-24(27,28)29)14-2-1-3-14)22(38)34-17-5-4-15(10-16(17)25(30,31)32)35-8-9-40-12-21(35)37/h4-7,10,14,18H,1-3,8-9,11-13H2,(H,33,39)(H,34,38)/t18-/m0/s1. The number of carbonyl (C=O) groups is 3. The van der Waals surface area contributed by atoms with E-state index in [-0.39, 0.29) is 30.3 Å². The van der Waals surface area contributed by atoms with Crippen LogP contribution in [0.2, 0.25) is 4.34 Å². The Hall–Kier alpha value is -2.88. The maximum absolute atomic E-state index is 14.1. The number of thiophene rings is 1. The van der Waals surface area contributed by atoms with Crippen molar-refractivity contribution in [2.75, 3.05) is 43.1 Å². The van der Waals surface area contributed by atoms with Crippen LogP contribution in [-0.2, 0) is 20.5 Å². The number of alkyl halides is 6. The van der Waals surface area contributed by atoms with Crippen LogP contribution in [0.25, 0.3) is 0 Å². The fourth-order valence-corrected chi connectivity index (χ4v) is 5.50. The molecule has 16 heteroatoms. The summed E-state index contributed by atoms with van der Waals surface area (Å²) in [6.07, 6.45) is -8.37. The average Bonchev–Trinajstić information content (AvgIpc) is 3.28. The highest BCUT2D eigenvalue weighted by molar-refractivity contribution is 7.18. The number of amides is 3. The smallest absolute Gasteiger partial charge is 0.370 e. The molecule has 0 spiro atoms. The molecule has 1 aromatic heterocycles. The second kappa shape index (κ2) is 12.5. The second-order valence-corrected chi connectivity index (χ2v) is 11.2. The summed E-state index contributed by atoms with van der Waals surface area (Å²) < 4.78 is 88.1. The van der Waals surface area contributed by atoms with Crippen molar-refractivity contribution in [1.29, 1.82) is 0 Å². The molecule has 1 saturated heterocycles. The number of hydrogen-bond donors (Lipinski definition) is 2. The van der Waals surface area contributed by atoms with Gasteiger partial charge in [0, 0.05) is 24.8 Å². The second-order valence-electron chi connectivity index (χ2n) is 9.52. The van der Waals surface area contributed by atoms with E-state index in [1.807, 2.05) is 0 Å². The first-order valence-corrected chi connectivity index (χ1v) is 13.7. The Morgan fingerprint density at radius 1 is 1.15 bits per heavy atom. The normalized spacial score (nSPS) is 17.4. The highest BCUT2D eigenvalue weighted by Gasteiger charge is 2.43. The molecular weight excluding hydrogens is 602 g/mol. The van der Waals surface area contributed by atoms with Crippen LogP contribution in [0.3, 0.4) is 0 Å². The number of benzene rings is 1. The van der Waals surface area contributed by atoms with Crippen molar-refractivity contribution >= 4 is 52.0 Å². The molecule has 224 valence electrons. The summed E-state index contributed by atoms with van der Waals surface area (Å²) in [6, 6.07) is 3.37. The third-order valence-corrected chi connectivity index (χ3v) is 7.96. The molecule has 0 radical (unpaired) electrons. The summed E-state index contributed by atoms with van der Waals surface area (Å²) in [4.78, 5) is 40.3. The quantitative estimate of drug-likeness (QED) is 0.385. The fourth-order valence-electron chi connectivity index (χ4n) is 4.54. The number of hydrogen-bond acceptors (Lipinski definition) is 6. The van der Waals surface area contributed by atoms with Crippen molar-refractivity contribution in [1.82, 2.24) is 10.2 Å². The van der Waals surface area contributed by atoms with E-state index in [9.17, 15) is 40.7 Å². The topological polar surface area (TPSA) is 91.0 Å². The lowest BCUT2D eigenvalue weighted by Gasteiger charge is -2.42. The van der Waals surface area contributed by atoms with E-state index in [1.165, 1.54) is 18.2 Å². The molecule has 2 heterocycles. The molecule has 2 N–H and O–H groups in total. The Bertz CT molecular complexity index is 1280. The van der Waals surface area contributed by atoms with Crippen LogP contribution in [0.1, 0.15) is 34.5 Å². The summed E-state index contributed by atoms with van der Waals surface area (Å²) in [7, 11) is 0. The van der Waals surface area contributed by atoms with Crippen molar-refractivity contribution in [3.8, 4) is 0 Å². The van der Waals surface area contributed by atoms with E-state index < -0.39 is 66.5 Å². The van der Waals surface area contributed by atoms with Crippen LogP contribution >= 0.6 is 22.9 Å². The zero-order valence-corrected chi connectivity index (χ0v) is 22.9. The molecule has 0 bridgehead atoms. The molecule has 2 fully saturated rings. The maximum Gasteiger partial charge on any atom is 0.418 e. The van der Waals surface area contributed by atoms with E-state index in [1.54, 1.807) is 0 Å². The number of morpholine rings is 1. The molecule has 0 unspecified atom stereocenters. The van der Waals surface area contributed by atoms with Gasteiger partial charge in [0.1, 0.15) is 12.6 Å². The molecule has 41 heavy (non-hydrogen) atoms. The van der Waals surface area contributed by atoms with Gasteiger partial charge in [0.15, 0.2) is 0 Å². The zero-order chi connectivity index (χ0) is 29.9. The monoisotopic (exact) mass is 626 g/mol. The van der Waals surface area contributed by atoms with Crippen molar-refractivity contribution in [3.05, 3.63) is 45.1 Å². The Kier molecular flexibility index (Phi) is 9.51. The predicted molar refractivity (Wildman–Crippen MR) is 139 cm³/mol. The van der Waals surface area contributed by atoms with Crippen LogP contribution in [0, 0.1) is 0 Å². The lowest BCUT2D eigenvalue weighted by molar-refractivity contribution is -0.163. The molecule has 1 aliphatic carbocycles. The molecule has 1 aromatic carbocycles. The van der Waals surface area contributed by atoms with Crippen LogP contribution in [-0.4, -0.2) is 73.7 Å². The summed E-state index contributed by atoms with van der Waals surface area (Å²) in [5, 5.41) is 4.54. The Labute approximate surface area is 239 Å². The number of nitrogens with one attached hydrogen (secondary N) is 2. The number of halogens is 7. The van der Waals surface area contributed by atoms with Crippen molar-refractivity contribution in [3.63, 3.8) is 0 Å². The van der Waals surface area contributed by atoms with Gasteiger partial charge in [-0.1, -0.05) is 18.0 Å². The fraction of sp³-hybridized carbons (Fsp3) is 0.480. The minimum Gasteiger partial charge on any atom is -0.370 e. The van der Waals surface area contributed by atoms with E-state index in [4.69, 9.17) is 16.3 Å². The lowest BCUT2D eigenvalue weighted by atomic mass is 9.90. The molecule has 2 aromatic rings. The first-order valence-electron chi connectivity index (χ1n) is 12.5. The van der Waals surface area contributed by atoms with Crippen molar-refractivity contribution < 1.29 is 45.5 Å². The van der Waals surface area contributed by atoms with Gasteiger partial charge >= 0.3 is 12.4 Å². The van der Waals surface area contributed by atoms with E-state index in [0.29, 0.717) is 29.7 Å². The number of ether oxygens (including phenoxy) is 1. The van der Waals surface area contributed by atoms with Crippen LogP contribution in [0.5, 0.6) is 0 Å². The summed E-state index contributed by atoms with van der Waals surface area (Å²) in [6.45, 7) is -2.27. The van der Waals surface area contributed by atoms with Gasteiger partial charge in [0.25, 0.3) is 11.8 Å². The van der Waals surface area contributed by atoms with Gasteiger partial charge in [-0.05, 0) is 43.2 Å². The van der Waals surface area contributed by atoms with E-state index >= 15 is 0 Å².